The van der Waals surface area contributed by atoms with Crippen molar-refractivity contribution in [3.8, 4) is 33.4 Å². The first-order chi connectivity index (χ1) is 28.2. The molecule has 0 saturated carbocycles. The summed E-state index contributed by atoms with van der Waals surface area (Å²) in [7, 11) is 0. The normalized spacial score (nSPS) is 11.5. The zero-order chi connectivity index (χ0) is 37.7. The number of hydrogen-bond acceptors (Lipinski definition) is 1. The van der Waals surface area contributed by atoms with Gasteiger partial charge in [0.2, 0.25) is 0 Å². The second kappa shape index (κ2) is 13.7. The molecule has 0 heterocycles. The van der Waals surface area contributed by atoms with Gasteiger partial charge in [-0.2, -0.15) is 0 Å². The Morgan fingerprint density at radius 2 is 0.702 bits per heavy atom. The first kappa shape index (κ1) is 32.9. The van der Waals surface area contributed by atoms with Crippen LogP contribution in [-0.4, -0.2) is 0 Å². The Kier molecular flexibility index (Phi) is 7.89. The third-order valence-electron chi connectivity index (χ3n) is 11.6. The Bertz CT molecular complexity index is 3290. The lowest BCUT2D eigenvalue weighted by Gasteiger charge is -2.28. The first-order valence-corrected chi connectivity index (χ1v) is 19.7. The average Bonchev–Trinajstić information content (AvgIpc) is 3.29. The quantitative estimate of drug-likeness (QED) is 0.154. The molecular weight excluding hydrogens is 687 g/mol. The Hall–Kier alpha value is -7.48. The summed E-state index contributed by atoms with van der Waals surface area (Å²) in [6.07, 6.45) is 0. The highest BCUT2D eigenvalue weighted by Gasteiger charge is 2.19. The summed E-state index contributed by atoms with van der Waals surface area (Å²) in [5, 5.41) is 12.6. The summed E-state index contributed by atoms with van der Waals surface area (Å²) < 4.78 is 0. The van der Waals surface area contributed by atoms with Crippen LogP contribution in [0.4, 0.5) is 17.1 Å². The zero-order valence-electron chi connectivity index (χ0n) is 31.3. The Morgan fingerprint density at radius 1 is 0.211 bits per heavy atom. The number of rotatable bonds is 6. The van der Waals surface area contributed by atoms with Gasteiger partial charge in [0.25, 0.3) is 0 Å². The third kappa shape index (κ3) is 5.80. The van der Waals surface area contributed by atoms with Crippen molar-refractivity contribution in [2.24, 2.45) is 0 Å². The summed E-state index contributed by atoms with van der Waals surface area (Å²) >= 11 is 0. The lowest BCUT2D eigenvalue weighted by atomic mass is 9.90. The highest BCUT2D eigenvalue weighted by molar-refractivity contribution is 6.18. The maximum absolute atomic E-state index is 2.42. The van der Waals surface area contributed by atoms with E-state index < -0.39 is 0 Å². The molecule has 0 amide bonds. The monoisotopic (exact) mass is 723 g/mol. The summed E-state index contributed by atoms with van der Waals surface area (Å²) in [5.74, 6) is 0. The van der Waals surface area contributed by atoms with E-state index in [1.165, 1.54) is 87.2 Å². The number of hydrogen-bond donors (Lipinski definition) is 0. The van der Waals surface area contributed by atoms with Crippen LogP contribution in [0.2, 0.25) is 0 Å². The van der Waals surface area contributed by atoms with Gasteiger partial charge < -0.3 is 4.90 Å². The molecule has 11 rings (SSSR count). The molecule has 57 heavy (non-hydrogen) atoms. The van der Waals surface area contributed by atoms with Gasteiger partial charge in [0.05, 0.1) is 0 Å². The molecule has 266 valence electrons. The molecule has 0 radical (unpaired) electrons. The SMILES string of the molecule is c1ccc(-c2cccc(N(c3ccc(-c4ccc5ccc6c7ccccc7ccc6c5c4)c(-c4ccccc4)c3)c3ccc4ccc5ccccc5c4c3)c2)cc1. The topological polar surface area (TPSA) is 3.24 Å². The van der Waals surface area contributed by atoms with Crippen LogP contribution in [0, 0.1) is 0 Å². The average molecular weight is 724 g/mol. The fraction of sp³-hybridized carbons (Fsp3) is 0. The van der Waals surface area contributed by atoms with Crippen LogP contribution >= 0.6 is 0 Å². The van der Waals surface area contributed by atoms with E-state index in [0.717, 1.165) is 17.1 Å². The Balaban J connectivity index is 1.13. The van der Waals surface area contributed by atoms with Gasteiger partial charge in [0.15, 0.2) is 0 Å². The van der Waals surface area contributed by atoms with Crippen LogP contribution in [0.1, 0.15) is 0 Å². The van der Waals surface area contributed by atoms with Crippen molar-refractivity contribution in [1.82, 2.24) is 0 Å². The molecule has 0 N–H and O–H groups in total. The summed E-state index contributed by atoms with van der Waals surface area (Å²) in [6, 6.07) is 82.2. The molecule has 0 atom stereocenters. The molecule has 0 spiro atoms. The minimum atomic E-state index is 1.10. The first-order valence-electron chi connectivity index (χ1n) is 19.7. The molecule has 0 aliphatic heterocycles. The molecule has 0 unspecified atom stereocenters. The van der Waals surface area contributed by atoms with Gasteiger partial charge in [-0.05, 0) is 130 Å². The molecule has 0 saturated heterocycles. The largest absolute Gasteiger partial charge is 0.310 e. The van der Waals surface area contributed by atoms with E-state index in [1.807, 2.05) is 0 Å². The van der Waals surface area contributed by atoms with Crippen molar-refractivity contribution in [3.05, 3.63) is 224 Å². The van der Waals surface area contributed by atoms with Gasteiger partial charge in [0.1, 0.15) is 0 Å². The van der Waals surface area contributed by atoms with Crippen LogP contribution in [0.5, 0.6) is 0 Å². The summed E-state index contributed by atoms with van der Waals surface area (Å²) in [6.45, 7) is 0. The second-order valence-electron chi connectivity index (χ2n) is 14.9. The minimum Gasteiger partial charge on any atom is -0.310 e. The molecule has 11 aromatic rings. The lowest BCUT2D eigenvalue weighted by Crippen LogP contribution is -2.10. The van der Waals surface area contributed by atoms with E-state index in [2.05, 4.69) is 229 Å². The van der Waals surface area contributed by atoms with Crippen molar-refractivity contribution >= 4 is 70.9 Å². The predicted octanol–water partition coefficient (Wildman–Crippen LogP) is 15.9. The van der Waals surface area contributed by atoms with E-state index in [-0.39, 0.29) is 0 Å². The fourth-order valence-corrected chi connectivity index (χ4v) is 8.80. The van der Waals surface area contributed by atoms with E-state index in [0.29, 0.717) is 0 Å². The van der Waals surface area contributed by atoms with Crippen molar-refractivity contribution in [3.63, 3.8) is 0 Å². The van der Waals surface area contributed by atoms with Gasteiger partial charge in [0, 0.05) is 17.1 Å². The third-order valence-corrected chi connectivity index (χ3v) is 11.6. The van der Waals surface area contributed by atoms with Gasteiger partial charge in [-0.25, -0.2) is 0 Å². The van der Waals surface area contributed by atoms with Crippen LogP contribution in [-0.2, 0) is 0 Å². The standard InChI is InChI=1S/C56H37N/c1-3-12-38(13-4-1)44-18-11-19-46(34-44)57(47-29-26-42-23-22-40-16-8-10-21-50(40)56(42)36-47)48-30-33-51(55(37-48)39-14-5-2-6-15-39)45-25-24-43-28-31-52-49-20-9-7-17-41(49)27-32-53(52)54(43)35-45/h1-37H. The zero-order valence-corrected chi connectivity index (χ0v) is 31.3. The Morgan fingerprint density at radius 3 is 1.44 bits per heavy atom. The fourth-order valence-electron chi connectivity index (χ4n) is 8.80. The van der Waals surface area contributed by atoms with Crippen molar-refractivity contribution in [2.45, 2.75) is 0 Å². The molecule has 0 bridgehead atoms. The highest BCUT2D eigenvalue weighted by atomic mass is 15.1. The molecule has 1 nitrogen and oxygen atoms in total. The van der Waals surface area contributed by atoms with E-state index in [1.54, 1.807) is 0 Å². The Labute approximate surface area is 332 Å². The predicted molar refractivity (Wildman–Crippen MR) is 245 cm³/mol. The van der Waals surface area contributed by atoms with Crippen LogP contribution < -0.4 is 4.90 Å². The maximum atomic E-state index is 2.42. The lowest BCUT2D eigenvalue weighted by molar-refractivity contribution is 1.29. The smallest absolute Gasteiger partial charge is 0.0468 e. The van der Waals surface area contributed by atoms with Gasteiger partial charge in [-0.3, -0.25) is 0 Å². The molecule has 0 aliphatic rings. The van der Waals surface area contributed by atoms with Crippen LogP contribution in [0.25, 0.3) is 87.2 Å². The highest BCUT2D eigenvalue weighted by Crippen LogP contribution is 2.44. The number of benzene rings is 11. The molecule has 0 aliphatic carbocycles. The van der Waals surface area contributed by atoms with Gasteiger partial charge >= 0.3 is 0 Å². The summed E-state index contributed by atoms with van der Waals surface area (Å²) in [5.41, 5.74) is 10.5. The molecule has 0 aromatic heterocycles. The summed E-state index contributed by atoms with van der Waals surface area (Å²) in [4.78, 5) is 2.42. The molecular formula is C56H37N. The van der Waals surface area contributed by atoms with Crippen LogP contribution in [0.3, 0.4) is 0 Å². The van der Waals surface area contributed by atoms with E-state index in [9.17, 15) is 0 Å². The maximum Gasteiger partial charge on any atom is 0.0468 e. The number of fused-ring (bicyclic) bond motifs is 8. The van der Waals surface area contributed by atoms with E-state index >= 15 is 0 Å². The van der Waals surface area contributed by atoms with E-state index in [4.69, 9.17) is 0 Å². The molecule has 0 fully saturated rings. The molecule has 11 aromatic carbocycles. The van der Waals surface area contributed by atoms with Crippen LogP contribution in [0.15, 0.2) is 224 Å². The second-order valence-corrected chi connectivity index (χ2v) is 14.9. The van der Waals surface area contributed by atoms with Crippen molar-refractivity contribution < 1.29 is 0 Å². The van der Waals surface area contributed by atoms with Gasteiger partial charge in [-0.15, -0.1) is 0 Å². The number of anilines is 3. The van der Waals surface area contributed by atoms with Crippen molar-refractivity contribution in [2.75, 3.05) is 4.90 Å². The minimum absolute atomic E-state index is 1.10. The van der Waals surface area contributed by atoms with Gasteiger partial charge in [-0.1, -0.05) is 182 Å². The molecule has 1 heteroatoms. The number of nitrogens with zero attached hydrogens (tertiary/aromatic N) is 1. The van der Waals surface area contributed by atoms with Crippen molar-refractivity contribution in [1.29, 1.82) is 0 Å².